The van der Waals surface area contributed by atoms with Crippen LogP contribution < -0.4 is 5.32 Å². The van der Waals surface area contributed by atoms with Crippen molar-refractivity contribution >= 4 is 27.6 Å². The van der Waals surface area contributed by atoms with Crippen molar-refractivity contribution in [3.05, 3.63) is 22.7 Å². The van der Waals surface area contributed by atoms with Gasteiger partial charge >= 0.3 is 6.03 Å². The largest absolute Gasteiger partial charge is 0.323 e. The van der Waals surface area contributed by atoms with Crippen molar-refractivity contribution in [2.24, 2.45) is 5.92 Å². The molecule has 1 aromatic heterocycles. The summed E-state index contributed by atoms with van der Waals surface area (Å²) in [5.74, 6) is -0.00673. The average molecular weight is 343 g/mol. The van der Waals surface area contributed by atoms with Gasteiger partial charge in [-0.1, -0.05) is 0 Å². The number of nitrogens with one attached hydrogen (secondary N) is 1. The van der Waals surface area contributed by atoms with Crippen molar-refractivity contribution in [3.8, 4) is 0 Å². The topological polar surface area (TPSA) is 48.5 Å². The van der Waals surface area contributed by atoms with E-state index in [-0.39, 0.29) is 6.03 Å². The summed E-state index contributed by atoms with van der Waals surface area (Å²) in [5, 5.41) is 2.78. The first-order chi connectivity index (χ1) is 9.54. The van der Waals surface area contributed by atoms with E-state index in [9.17, 15) is 9.18 Å². The van der Waals surface area contributed by atoms with Gasteiger partial charge in [-0.05, 0) is 54.0 Å². The van der Waals surface area contributed by atoms with E-state index in [0.717, 1.165) is 26.1 Å². The summed E-state index contributed by atoms with van der Waals surface area (Å²) in [7, 11) is 2.10. The molecule has 3 rings (SSSR count). The number of urea groups is 1. The van der Waals surface area contributed by atoms with Crippen LogP contribution >= 0.6 is 15.9 Å². The number of anilines is 1. The summed E-state index contributed by atoms with van der Waals surface area (Å²) in [4.78, 5) is 20.0. The molecule has 20 heavy (non-hydrogen) atoms. The predicted molar refractivity (Wildman–Crippen MR) is 77.0 cm³/mol. The molecule has 0 aromatic carbocycles. The third-order valence-electron chi connectivity index (χ3n) is 4.17. The van der Waals surface area contributed by atoms with Crippen molar-refractivity contribution in [3.63, 3.8) is 0 Å². The number of nitrogens with zero attached hydrogens (tertiary/aromatic N) is 3. The Morgan fingerprint density at radius 2 is 2.30 bits per heavy atom. The molecular weight excluding hydrogens is 327 g/mol. The molecule has 2 aliphatic rings. The van der Waals surface area contributed by atoms with Gasteiger partial charge in [0.05, 0.1) is 5.69 Å². The molecule has 0 radical (unpaired) electrons. The zero-order valence-corrected chi connectivity index (χ0v) is 12.7. The first-order valence-corrected chi connectivity index (χ1v) is 7.42. The Morgan fingerprint density at radius 1 is 1.50 bits per heavy atom. The SMILES string of the molecule is CN1CC[C@@H]2CN(C(=O)Nc3ccc(F)nc3Br)C[C@@H]21. The summed E-state index contributed by atoms with van der Waals surface area (Å²) in [6.07, 6.45) is 1.15. The third kappa shape index (κ3) is 2.52. The molecule has 0 spiro atoms. The number of fused-ring (bicyclic) bond motifs is 1. The molecule has 7 heteroatoms. The number of hydrogen-bond acceptors (Lipinski definition) is 3. The van der Waals surface area contributed by atoms with Gasteiger partial charge < -0.3 is 15.1 Å². The molecule has 2 amide bonds. The zero-order valence-electron chi connectivity index (χ0n) is 11.1. The highest BCUT2D eigenvalue weighted by Crippen LogP contribution is 2.30. The summed E-state index contributed by atoms with van der Waals surface area (Å²) in [6, 6.07) is 3.05. The lowest BCUT2D eigenvalue weighted by Crippen LogP contribution is -2.37. The molecule has 2 fully saturated rings. The fourth-order valence-corrected chi connectivity index (χ4v) is 3.44. The van der Waals surface area contributed by atoms with Gasteiger partial charge in [0, 0.05) is 19.1 Å². The summed E-state index contributed by atoms with van der Waals surface area (Å²) in [5.41, 5.74) is 0.488. The molecule has 5 nitrogen and oxygen atoms in total. The van der Waals surface area contributed by atoms with Crippen molar-refractivity contribution in [1.82, 2.24) is 14.8 Å². The van der Waals surface area contributed by atoms with Crippen LogP contribution in [-0.4, -0.2) is 53.5 Å². The lowest BCUT2D eigenvalue weighted by molar-refractivity contribution is 0.213. The van der Waals surface area contributed by atoms with E-state index in [0.29, 0.717) is 22.3 Å². The molecule has 108 valence electrons. The van der Waals surface area contributed by atoms with Gasteiger partial charge in [-0.3, -0.25) is 0 Å². The van der Waals surface area contributed by atoms with Crippen molar-refractivity contribution in [2.75, 3.05) is 32.0 Å². The first-order valence-electron chi connectivity index (χ1n) is 6.63. The second-order valence-electron chi connectivity index (χ2n) is 5.40. The van der Waals surface area contributed by atoms with E-state index < -0.39 is 5.95 Å². The van der Waals surface area contributed by atoms with E-state index >= 15 is 0 Å². The van der Waals surface area contributed by atoms with E-state index in [1.807, 2.05) is 4.90 Å². The number of rotatable bonds is 1. The number of carbonyl (C=O) groups is 1. The van der Waals surface area contributed by atoms with Crippen LogP contribution in [0.5, 0.6) is 0 Å². The van der Waals surface area contributed by atoms with E-state index in [4.69, 9.17) is 0 Å². The predicted octanol–water partition coefficient (Wildman–Crippen LogP) is 2.15. The Balaban J connectivity index is 1.66. The van der Waals surface area contributed by atoms with Gasteiger partial charge in [-0.2, -0.15) is 4.39 Å². The number of hydrogen-bond donors (Lipinski definition) is 1. The van der Waals surface area contributed by atoms with Crippen LogP contribution in [0.25, 0.3) is 0 Å². The van der Waals surface area contributed by atoms with Crippen LogP contribution in [0.15, 0.2) is 16.7 Å². The van der Waals surface area contributed by atoms with Gasteiger partial charge in [0.2, 0.25) is 5.95 Å². The second-order valence-corrected chi connectivity index (χ2v) is 6.16. The van der Waals surface area contributed by atoms with Crippen LogP contribution in [0, 0.1) is 11.9 Å². The van der Waals surface area contributed by atoms with Gasteiger partial charge in [-0.25, -0.2) is 9.78 Å². The van der Waals surface area contributed by atoms with Crippen LogP contribution in [0.3, 0.4) is 0 Å². The summed E-state index contributed by atoms with van der Waals surface area (Å²) < 4.78 is 13.2. The van der Waals surface area contributed by atoms with Crippen LogP contribution in [0.1, 0.15) is 6.42 Å². The molecule has 0 saturated carbocycles. The monoisotopic (exact) mass is 342 g/mol. The van der Waals surface area contributed by atoms with Gasteiger partial charge in [0.15, 0.2) is 0 Å². The molecule has 2 saturated heterocycles. The highest BCUT2D eigenvalue weighted by Gasteiger charge is 2.41. The number of likely N-dealkylation sites (N-methyl/N-ethyl adjacent to an activating group) is 1. The maximum absolute atomic E-state index is 12.9. The van der Waals surface area contributed by atoms with Gasteiger partial charge in [0.1, 0.15) is 4.60 Å². The molecule has 0 bridgehead atoms. The summed E-state index contributed by atoms with van der Waals surface area (Å²) >= 11 is 3.15. The van der Waals surface area contributed by atoms with E-state index in [1.54, 1.807) is 0 Å². The lowest BCUT2D eigenvalue weighted by atomic mass is 10.1. The van der Waals surface area contributed by atoms with Crippen LogP contribution in [-0.2, 0) is 0 Å². The minimum Gasteiger partial charge on any atom is -0.323 e. The third-order valence-corrected chi connectivity index (χ3v) is 4.77. The Bertz CT molecular complexity index is 541. The molecule has 0 aliphatic carbocycles. The molecule has 1 N–H and O–H groups in total. The fraction of sp³-hybridized carbons (Fsp3) is 0.538. The first kappa shape index (κ1) is 13.8. The highest BCUT2D eigenvalue weighted by molar-refractivity contribution is 9.10. The smallest absolute Gasteiger partial charge is 0.321 e. The van der Waals surface area contributed by atoms with Crippen molar-refractivity contribution in [2.45, 2.75) is 12.5 Å². The van der Waals surface area contributed by atoms with Gasteiger partial charge in [-0.15, -0.1) is 0 Å². The number of pyridine rings is 1. The molecule has 2 atom stereocenters. The van der Waals surface area contributed by atoms with Crippen LogP contribution in [0.2, 0.25) is 0 Å². The normalized spacial score (nSPS) is 25.9. The van der Waals surface area contributed by atoms with Crippen molar-refractivity contribution in [1.29, 1.82) is 0 Å². The number of amides is 2. The Morgan fingerprint density at radius 3 is 3.00 bits per heavy atom. The van der Waals surface area contributed by atoms with Crippen molar-refractivity contribution < 1.29 is 9.18 Å². The number of carbonyl (C=O) groups excluding carboxylic acids is 1. The Hall–Kier alpha value is -1.21. The number of likely N-dealkylation sites (tertiary alicyclic amines) is 2. The molecule has 1 aromatic rings. The molecular formula is C13H16BrFN4O. The Labute approximate surface area is 125 Å². The minimum absolute atomic E-state index is 0.151. The minimum atomic E-state index is -0.577. The maximum Gasteiger partial charge on any atom is 0.321 e. The quantitative estimate of drug-likeness (QED) is 0.795. The number of halogens is 2. The van der Waals surface area contributed by atoms with Gasteiger partial charge in [0.25, 0.3) is 0 Å². The zero-order chi connectivity index (χ0) is 14.3. The lowest BCUT2D eigenvalue weighted by Gasteiger charge is -2.21. The fourth-order valence-electron chi connectivity index (χ4n) is 3.04. The Kier molecular flexibility index (Phi) is 3.64. The highest BCUT2D eigenvalue weighted by atomic mass is 79.9. The molecule has 0 unspecified atom stereocenters. The molecule has 3 heterocycles. The van der Waals surface area contributed by atoms with E-state index in [1.165, 1.54) is 12.1 Å². The standard InChI is InChI=1S/C13H16BrFN4O/c1-18-5-4-8-6-19(7-10(8)18)13(20)16-9-2-3-11(15)17-12(9)14/h2-3,8,10H,4-7H2,1H3,(H,16,20)/t8-,10+/m1/s1. The maximum atomic E-state index is 12.9. The van der Waals surface area contributed by atoms with Crippen LogP contribution in [0.4, 0.5) is 14.9 Å². The second kappa shape index (κ2) is 5.29. The average Bonchev–Trinajstić information content (AvgIpc) is 2.96. The summed E-state index contributed by atoms with van der Waals surface area (Å²) in [6.45, 7) is 2.64. The number of aromatic nitrogens is 1. The van der Waals surface area contributed by atoms with E-state index in [2.05, 4.69) is 38.2 Å². The molecule has 2 aliphatic heterocycles.